The summed E-state index contributed by atoms with van der Waals surface area (Å²) in [4.78, 5) is 10.6. The summed E-state index contributed by atoms with van der Waals surface area (Å²) in [6, 6.07) is 6.53. The highest BCUT2D eigenvalue weighted by molar-refractivity contribution is 5.73. The van der Waals surface area contributed by atoms with E-state index in [2.05, 4.69) is 20.8 Å². The smallest absolute Gasteiger partial charge is 0.320 e. The van der Waals surface area contributed by atoms with Crippen LogP contribution in [0.15, 0.2) is 24.3 Å². The molecule has 0 unspecified atom stereocenters. The van der Waals surface area contributed by atoms with Crippen molar-refractivity contribution in [3.8, 4) is 5.75 Å². The molecule has 0 aliphatic carbocycles. The van der Waals surface area contributed by atoms with Crippen LogP contribution in [0.5, 0.6) is 5.75 Å². The van der Waals surface area contributed by atoms with Crippen molar-refractivity contribution in [3.63, 3.8) is 0 Å². The van der Waals surface area contributed by atoms with Crippen molar-refractivity contribution >= 4 is 5.97 Å². The van der Waals surface area contributed by atoms with Crippen LogP contribution in [-0.2, 0) is 11.2 Å². The zero-order valence-electron chi connectivity index (χ0n) is 11.1. The lowest BCUT2D eigenvalue weighted by Crippen LogP contribution is -2.32. The van der Waals surface area contributed by atoms with Crippen molar-refractivity contribution in [3.05, 3.63) is 29.8 Å². The first-order valence-electron chi connectivity index (χ1n) is 5.98. The van der Waals surface area contributed by atoms with Crippen LogP contribution in [0.1, 0.15) is 26.3 Å². The molecule has 0 heterocycles. The number of benzene rings is 1. The fourth-order valence-electron chi connectivity index (χ4n) is 1.36. The molecule has 0 aromatic heterocycles. The van der Waals surface area contributed by atoms with Crippen LogP contribution in [0.25, 0.3) is 0 Å². The lowest BCUT2D eigenvalue weighted by molar-refractivity contribution is -0.138. The second kappa shape index (κ2) is 5.87. The molecule has 4 heteroatoms. The summed E-state index contributed by atoms with van der Waals surface area (Å²) in [7, 11) is 0. The largest absolute Gasteiger partial charge is 0.493 e. The van der Waals surface area contributed by atoms with Gasteiger partial charge in [0, 0.05) is 0 Å². The van der Waals surface area contributed by atoms with E-state index in [1.165, 1.54) is 0 Å². The Bertz CT molecular complexity index is 392. The molecule has 4 nitrogen and oxygen atoms in total. The number of rotatable bonds is 5. The third kappa shape index (κ3) is 5.19. The number of carboxylic acids is 1. The molecule has 0 fully saturated rings. The van der Waals surface area contributed by atoms with Crippen LogP contribution in [0.4, 0.5) is 0 Å². The molecule has 18 heavy (non-hydrogen) atoms. The molecule has 1 rings (SSSR count). The van der Waals surface area contributed by atoms with Gasteiger partial charge in [0.25, 0.3) is 0 Å². The van der Waals surface area contributed by atoms with Crippen LogP contribution in [0.2, 0.25) is 0 Å². The molecule has 0 bridgehead atoms. The van der Waals surface area contributed by atoms with Gasteiger partial charge >= 0.3 is 5.97 Å². The third-order valence-corrected chi connectivity index (χ3v) is 2.37. The summed E-state index contributed by atoms with van der Waals surface area (Å²) in [6.45, 7) is 6.95. The highest BCUT2D eigenvalue weighted by atomic mass is 16.5. The van der Waals surface area contributed by atoms with E-state index >= 15 is 0 Å². The molecule has 1 aromatic carbocycles. The number of carbonyl (C=O) groups is 1. The first-order valence-corrected chi connectivity index (χ1v) is 5.98. The van der Waals surface area contributed by atoms with Crippen LogP contribution < -0.4 is 10.5 Å². The van der Waals surface area contributed by atoms with E-state index in [0.717, 1.165) is 11.3 Å². The second-order valence-electron chi connectivity index (χ2n) is 5.64. The molecule has 0 spiro atoms. The van der Waals surface area contributed by atoms with Crippen LogP contribution >= 0.6 is 0 Å². The van der Waals surface area contributed by atoms with Crippen molar-refractivity contribution in [2.45, 2.75) is 33.2 Å². The topological polar surface area (TPSA) is 72.5 Å². The van der Waals surface area contributed by atoms with Gasteiger partial charge in [0.1, 0.15) is 11.8 Å². The molecule has 0 saturated heterocycles. The molecule has 0 amide bonds. The summed E-state index contributed by atoms with van der Waals surface area (Å²) in [5.41, 5.74) is 6.48. The van der Waals surface area contributed by atoms with Crippen molar-refractivity contribution < 1.29 is 14.6 Å². The maximum absolute atomic E-state index is 10.6. The number of hydrogen-bond donors (Lipinski definition) is 2. The molecule has 0 saturated carbocycles. The molecule has 0 radical (unpaired) electrons. The van der Waals surface area contributed by atoms with E-state index < -0.39 is 12.0 Å². The summed E-state index contributed by atoms with van der Waals surface area (Å²) in [5.74, 6) is -0.194. The predicted octanol–water partition coefficient (Wildman–Crippen LogP) is 2.07. The minimum absolute atomic E-state index is 0.115. The maximum atomic E-state index is 10.6. The van der Waals surface area contributed by atoms with Gasteiger partial charge in [0.2, 0.25) is 0 Å². The molecular weight excluding hydrogens is 230 g/mol. The molecule has 100 valence electrons. The molecule has 1 atom stereocenters. The maximum Gasteiger partial charge on any atom is 0.320 e. The quantitative estimate of drug-likeness (QED) is 0.840. The highest BCUT2D eigenvalue weighted by Crippen LogP contribution is 2.18. The van der Waals surface area contributed by atoms with Crippen molar-refractivity contribution in [2.75, 3.05) is 6.61 Å². The summed E-state index contributed by atoms with van der Waals surface area (Å²) in [6.07, 6.45) is 0.328. The van der Waals surface area contributed by atoms with Gasteiger partial charge in [0.15, 0.2) is 0 Å². The number of carboxylic acid groups (broad SMARTS) is 1. The minimum atomic E-state index is -0.983. The SMILES string of the molecule is CC(C)(C)COc1ccc(C[C@H](N)C(=O)O)cc1. The summed E-state index contributed by atoms with van der Waals surface area (Å²) >= 11 is 0. The Kier molecular flexibility index (Phi) is 4.73. The van der Waals surface area contributed by atoms with Gasteiger partial charge in [0.05, 0.1) is 6.61 Å². The Balaban J connectivity index is 2.55. The number of hydrogen-bond acceptors (Lipinski definition) is 3. The Morgan fingerprint density at radius 2 is 1.89 bits per heavy atom. The zero-order chi connectivity index (χ0) is 13.8. The van der Waals surface area contributed by atoms with E-state index in [-0.39, 0.29) is 5.41 Å². The Hall–Kier alpha value is -1.55. The molecule has 1 aromatic rings. The monoisotopic (exact) mass is 251 g/mol. The van der Waals surface area contributed by atoms with E-state index in [4.69, 9.17) is 15.6 Å². The van der Waals surface area contributed by atoms with Gasteiger partial charge in [-0.05, 0) is 29.5 Å². The Labute approximate surface area is 108 Å². The van der Waals surface area contributed by atoms with E-state index in [9.17, 15) is 4.79 Å². The summed E-state index contributed by atoms with van der Waals surface area (Å²) in [5, 5.41) is 8.72. The fourth-order valence-corrected chi connectivity index (χ4v) is 1.36. The summed E-state index contributed by atoms with van der Waals surface area (Å²) < 4.78 is 5.63. The molecular formula is C14H21NO3. The van der Waals surface area contributed by atoms with E-state index in [0.29, 0.717) is 13.0 Å². The van der Waals surface area contributed by atoms with Crippen molar-refractivity contribution in [1.82, 2.24) is 0 Å². The van der Waals surface area contributed by atoms with Gasteiger partial charge in [-0.15, -0.1) is 0 Å². The van der Waals surface area contributed by atoms with Gasteiger partial charge in [-0.2, -0.15) is 0 Å². The highest BCUT2D eigenvalue weighted by Gasteiger charge is 2.13. The van der Waals surface area contributed by atoms with Crippen molar-refractivity contribution in [1.29, 1.82) is 0 Å². The number of aliphatic carboxylic acids is 1. The first kappa shape index (κ1) is 14.5. The minimum Gasteiger partial charge on any atom is -0.493 e. The average molecular weight is 251 g/mol. The third-order valence-electron chi connectivity index (χ3n) is 2.37. The zero-order valence-corrected chi connectivity index (χ0v) is 11.1. The van der Waals surface area contributed by atoms with E-state index in [1.807, 2.05) is 24.3 Å². The van der Waals surface area contributed by atoms with E-state index in [1.54, 1.807) is 0 Å². The van der Waals surface area contributed by atoms with Crippen LogP contribution in [0, 0.1) is 5.41 Å². The first-order chi connectivity index (χ1) is 8.28. The second-order valence-corrected chi connectivity index (χ2v) is 5.64. The molecule has 0 aliphatic heterocycles. The van der Waals surface area contributed by atoms with Crippen molar-refractivity contribution in [2.24, 2.45) is 11.1 Å². The number of ether oxygens (including phenoxy) is 1. The van der Waals surface area contributed by atoms with Gasteiger partial charge < -0.3 is 15.6 Å². The van der Waals surface area contributed by atoms with Crippen LogP contribution in [-0.4, -0.2) is 23.7 Å². The number of nitrogens with two attached hydrogens (primary N) is 1. The molecule has 3 N–H and O–H groups in total. The van der Waals surface area contributed by atoms with Gasteiger partial charge in [-0.3, -0.25) is 4.79 Å². The van der Waals surface area contributed by atoms with Gasteiger partial charge in [-0.25, -0.2) is 0 Å². The van der Waals surface area contributed by atoms with Crippen LogP contribution in [0.3, 0.4) is 0 Å². The standard InChI is InChI=1S/C14H21NO3/c1-14(2,3)9-18-11-6-4-10(5-7-11)8-12(15)13(16)17/h4-7,12H,8-9,15H2,1-3H3,(H,16,17)/t12-/m0/s1. The Morgan fingerprint density at radius 1 is 1.33 bits per heavy atom. The predicted molar refractivity (Wildman–Crippen MR) is 70.7 cm³/mol. The van der Waals surface area contributed by atoms with Gasteiger partial charge in [-0.1, -0.05) is 32.9 Å². The molecule has 0 aliphatic rings. The fraction of sp³-hybridized carbons (Fsp3) is 0.500. The normalized spacial score (nSPS) is 13.1. The lowest BCUT2D eigenvalue weighted by Gasteiger charge is -2.19. The lowest BCUT2D eigenvalue weighted by atomic mass is 9.99. The average Bonchev–Trinajstić information content (AvgIpc) is 2.27. The Morgan fingerprint density at radius 3 is 2.33 bits per heavy atom.